The summed E-state index contributed by atoms with van der Waals surface area (Å²) in [5.41, 5.74) is 3.90. The van der Waals surface area contributed by atoms with E-state index in [9.17, 15) is 18.0 Å². The number of rotatable bonds is 10. The van der Waals surface area contributed by atoms with E-state index >= 15 is 0 Å². The number of nitrogens with one attached hydrogen (secondary N) is 1. The lowest BCUT2D eigenvalue weighted by atomic mass is 10.1. The molecule has 0 aliphatic carbocycles. The van der Waals surface area contributed by atoms with Crippen molar-refractivity contribution in [2.45, 2.75) is 52.1 Å². The van der Waals surface area contributed by atoms with Crippen molar-refractivity contribution in [1.29, 1.82) is 0 Å². The van der Waals surface area contributed by atoms with Crippen molar-refractivity contribution in [3.05, 3.63) is 95.1 Å². The Morgan fingerprint density at radius 2 is 1.57 bits per heavy atom. The van der Waals surface area contributed by atoms with Gasteiger partial charge >= 0.3 is 0 Å². The SMILES string of the molecule is CCNC(=O)[C@@H](C)N(Cc1cccc(C)c1)C(=O)CN(c1cc(C)ccc1C)S(=O)(=O)c1ccccc1. The number of nitrogens with zero attached hydrogens (tertiary/aromatic N) is 2. The third-order valence-electron chi connectivity index (χ3n) is 6.20. The topological polar surface area (TPSA) is 86.8 Å². The number of carbonyl (C=O) groups is 2. The van der Waals surface area contributed by atoms with E-state index in [2.05, 4.69) is 5.32 Å². The van der Waals surface area contributed by atoms with Crippen LogP contribution in [0.4, 0.5) is 5.69 Å². The van der Waals surface area contributed by atoms with Crippen LogP contribution in [0.3, 0.4) is 0 Å². The van der Waals surface area contributed by atoms with E-state index in [0.29, 0.717) is 12.2 Å². The third kappa shape index (κ3) is 6.77. The molecule has 0 heterocycles. The van der Waals surface area contributed by atoms with Crippen molar-refractivity contribution in [3.8, 4) is 0 Å². The Labute approximate surface area is 220 Å². The molecule has 3 aromatic carbocycles. The van der Waals surface area contributed by atoms with E-state index in [4.69, 9.17) is 0 Å². The summed E-state index contributed by atoms with van der Waals surface area (Å²) in [6, 6.07) is 20.5. The van der Waals surface area contributed by atoms with Gasteiger partial charge in [0, 0.05) is 13.1 Å². The number of amides is 2. The number of anilines is 1. The minimum Gasteiger partial charge on any atom is -0.355 e. The highest BCUT2D eigenvalue weighted by Crippen LogP contribution is 2.28. The molecular weight excluding hydrogens is 486 g/mol. The standard InChI is InChI=1S/C29H35N3O4S/c1-6-30-29(34)24(5)31(19-25-12-10-11-21(2)17-25)28(33)20-32(27-18-22(3)15-16-23(27)4)37(35,36)26-13-8-7-9-14-26/h7-18,24H,6,19-20H2,1-5H3,(H,30,34)/t24-/m1/s1. The fourth-order valence-corrected chi connectivity index (χ4v) is 5.62. The van der Waals surface area contributed by atoms with Gasteiger partial charge in [0.25, 0.3) is 10.0 Å². The molecule has 0 spiro atoms. The van der Waals surface area contributed by atoms with E-state index in [1.54, 1.807) is 31.2 Å². The zero-order chi connectivity index (χ0) is 27.2. The molecule has 0 unspecified atom stereocenters. The van der Waals surface area contributed by atoms with Gasteiger partial charge in [-0.25, -0.2) is 8.42 Å². The highest BCUT2D eigenvalue weighted by atomic mass is 32.2. The molecule has 0 fully saturated rings. The zero-order valence-corrected chi connectivity index (χ0v) is 22.9. The summed E-state index contributed by atoms with van der Waals surface area (Å²) in [5.74, 6) is -0.770. The highest BCUT2D eigenvalue weighted by molar-refractivity contribution is 7.92. The van der Waals surface area contributed by atoms with Crippen molar-refractivity contribution in [2.24, 2.45) is 0 Å². The molecule has 3 aromatic rings. The van der Waals surface area contributed by atoms with Gasteiger partial charge in [-0.3, -0.25) is 13.9 Å². The summed E-state index contributed by atoms with van der Waals surface area (Å²) < 4.78 is 28.8. The number of hydrogen-bond acceptors (Lipinski definition) is 4. The molecule has 1 atom stereocenters. The number of benzene rings is 3. The second-order valence-electron chi connectivity index (χ2n) is 9.20. The number of hydrogen-bond donors (Lipinski definition) is 1. The first-order valence-electron chi connectivity index (χ1n) is 12.3. The smallest absolute Gasteiger partial charge is 0.264 e. The maximum absolute atomic E-state index is 13.9. The molecule has 0 aliphatic heterocycles. The third-order valence-corrected chi connectivity index (χ3v) is 7.97. The Balaban J connectivity index is 2.06. The van der Waals surface area contributed by atoms with Crippen LogP contribution in [0.1, 0.15) is 36.1 Å². The van der Waals surface area contributed by atoms with Gasteiger partial charge in [0.05, 0.1) is 10.6 Å². The van der Waals surface area contributed by atoms with Gasteiger partial charge in [0.2, 0.25) is 11.8 Å². The molecule has 0 radical (unpaired) electrons. The minimum atomic E-state index is -4.07. The van der Waals surface area contributed by atoms with Crippen LogP contribution in [0.2, 0.25) is 0 Å². The summed E-state index contributed by atoms with van der Waals surface area (Å²) in [5, 5.41) is 2.77. The first-order valence-corrected chi connectivity index (χ1v) is 13.8. The first-order chi connectivity index (χ1) is 17.5. The Morgan fingerprint density at radius 1 is 0.892 bits per heavy atom. The quantitative estimate of drug-likeness (QED) is 0.430. The molecule has 0 aromatic heterocycles. The minimum absolute atomic E-state index is 0.0886. The first kappa shape index (κ1) is 27.9. The van der Waals surface area contributed by atoms with Crippen LogP contribution in [0.25, 0.3) is 0 Å². The van der Waals surface area contributed by atoms with Gasteiger partial charge in [0.1, 0.15) is 12.6 Å². The molecule has 7 nitrogen and oxygen atoms in total. The predicted molar refractivity (Wildman–Crippen MR) is 147 cm³/mol. The molecule has 0 saturated carbocycles. The molecule has 0 bridgehead atoms. The van der Waals surface area contributed by atoms with Crippen molar-refractivity contribution in [2.75, 3.05) is 17.4 Å². The van der Waals surface area contributed by atoms with Gasteiger partial charge in [0.15, 0.2) is 0 Å². The lowest BCUT2D eigenvalue weighted by molar-refractivity contribution is -0.139. The molecule has 0 aliphatic rings. The van der Waals surface area contributed by atoms with E-state index in [0.717, 1.165) is 26.6 Å². The van der Waals surface area contributed by atoms with E-state index in [1.807, 2.05) is 64.1 Å². The van der Waals surface area contributed by atoms with Crippen LogP contribution in [0, 0.1) is 20.8 Å². The fraction of sp³-hybridized carbons (Fsp3) is 0.310. The van der Waals surface area contributed by atoms with Crippen LogP contribution in [0.15, 0.2) is 77.7 Å². The second-order valence-corrected chi connectivity index (χ2v) is 11.1. The van der Waals surface area contributed by atoms with Crippen LogP contribution >= 0.6 is 0 Å². The average Bonchev–Trinajstić information content (AvgIpc) is 2.87. The van der Waals surface area contributed by atoms with Crippen LogP contribution < -0.4 is 9.62 Å². The molecule has 196 valence electrons. The number of likely N-dealkylation sites (N-methyl/N-ethyl adjacent to an activating group) is 1. The second kappa shape index (κ2) is 12.1. The summed E-state index contributed by atoms with van der Waals surface area (Å²) in [6.45, 7) is 9.26. The largest absolute Gasteiger partial charge is 0.355 e. The average molecular weight is 522 g/mol. The monoisotopic (exact) mass is 521 g/mol. The maximum atomic E-state index is 13.9. The molecule has 1 N–H and O–H groups in total. The number of carbonyl (C=O) groups excluding carboxylic acids is 2. The number of aryl methyl sites for hydroxylation is 3. The van der Waals surface area contributed by atoms with Crippen LogP contribution in [-0.4, -0.2) is 44.3 Å². The Hall–Kier alpha value is -3.65. The van der Waals surface area contributed by atoms with Crippen LogP contribution in [-0.2, 0) is 26.2 Å². The van der Waals surface area contributed by atoms with Crippen molar-refractivity contribution < 1.29 is 18.0 Å². The molecule has 2 amide bonds. The molecular formula is C29H35N3O4S. The van der Waals surface area contributed by atoms with Crippen molar-refractivity contribution in [1.82, 2.24) is 10.2 Å². The van der Waals surface area contributed by atoms with Crippen molar-refractivity contribution >= 4 is 27.5 Å². The summed E-state index contributed by atoms with van der Waals surface area (Å²) in [4.78, 5) is 28.2. The van der Waals surface area contributed by atoms with E-state index in [1.165, 1.54) is 17.0 Å². The normalized spacial score (nSPS) is 12.0. The highest BCUT2D eigenvalue weighted by Gasteiger charge is 2.33. The van der Waals surface area contributed by atoms with Gasteiger partial charge < -0.3 is 10.2 Å². The lowest BCUT2D eigenvalue weighted by Gasteiger charge is -2.32. The lowest BCUT2D eigenvalue weighted by Crippen LogP contribution is -2.51. The van der Waals surface area contributed by atoms with Gasteiger partial charge in [-0.05, 0) is 69.5 Å². The maximum Gasteiger partial charge on any atom is 0.264 e. The summed E-state index contributed by atoms with van der Waals surface area (Å²) >= 11 is 0. The molecule has 0 saturated heterocycles. The number of sulfonamides is 1. The molecule has 37 heavy (non-hydrogen) atoms. The Morgan fingerprint density at radius 3 is 2.22 bits per heavy atom. The van der Waals surface area contributed by atoms with Crippen LogP contribution in [0.5, 0.6) is 0 Å². The van der Waals surface area contributed by atoms with E-state index < -0.39 is 28.5 Å². The summed E-state index contributed by atoms with van der Waals surface area (Å²) in [7, 11) is -4.07. The fourth-order valence-electron chi connectivity index (χ4n) is 4.13. The predicted octanol–water partition coefficient (Wildman–Crippen LogP) is 4.36. The van der Waals surface area contributed by atoms with Gasteiger partial charge in [-0.15, -0.1) is 0 Å². The Bertz CT molecular complexity index is 1360. The van der Waals surface area contributed by atoms with Gasteiger partial charge in [-0.2, -0.15) is 0 Å². The van der Waals surface area contributed by atoms with Gasteiger partial charge in [-0.1, -0.05) is 60.2 Å². The van der Waals surface area contributed by atoms with Crippen molar-refractivity contribution in [3.63, 3.8) is 0 Å². The summed E-state index contributed by atoms with van der Waals surface area (Å²) in [6.07, 6.45) is 0. The van der Waals surface area contributed by atoms with E-state index in [-0.39, 0.29) is 17.3 Å². The molecule has 3 rings (SSSR count). The molecule has 8 heteroatoms. The zero-order valence-electron chi connectivity index (χ0n) is 22.1. The Kier molecular flexibility index (Phi) is 9.10.